The Morgan fingerprint density at radius 3 is 2.68 bits per heavy atom. The molecule has 1 nitrogen and oxygen atoms in total. The van der Waals surface area contributed by atoms with Crippen LogP contribution < -0.4 is 5.32 Å². The molecule has 1 fully saturated rings. The number of nitrogens with one attached hydrogen (secondary N) is 1. The molecule has 3 heteroatoms. The summed E-state index contributed by atoms with van der Waals surface area (Å²) < 4.78 is 26.2. The quantitative estimate of drug-likeness (QED) is 0.871. The van der Waals surface area contributed by atoms with E-state index in [-0.39, 0.29) is 0 Å². The van der Waals surface area contributed by atoms with Crippen molar-refractivity contribution in [1.29, 1.82) is 0 Å². The van der Waals surface area contributed by atoms with Gasteiger partial charge in [0.25, 0.3) is 0 Å². The van der Waals surface area contributed by atoms with Gasteiger partial charge in [0.05, 0.1) is 0 Å². The summed E-state index contributed by atoms with van der Waals surface area (Å²) in [5, 5.41) is 3.53. The Balaban J connectivity index is 2.07. The molecule has 2 rings (SSSR count). The fourth-order valence-electron chi connectivity index (χ4n) is 3.22. The van der Waals surface area contributed by atoms with Gasteiger partial charge in [0.1, 0.15) is 0 Å². The summed E-state index contributed by atoms with van der Waals surface area (Å²) in [7, 11) is 0. The van der Waals surface area contributed by atoms with Crippen LogP contribution in [0.25, 0.3) is 0 Å². The maximum absolute atomic E-state index is 13.3. The van der Waals surface area contributed by atoms with Crippen LogP contribution in [0.4, 0.5) is 8.78 Å². The van der Waals surface area contributed by atoms with Crippen molar-refractivity contribution in [2.24, 2.45) is 11.8 Å². The first-order valence-corrected chi connectivity index (χ1v) is 7.27. The number of halogens is 2. The van der Waals surface area contributed by atoms with E-state index in [0.29, 0.717) is 12.0 Å². The highest BCUT2D eigenvalue weighted by Gasteiger charge is 2.28. The molecule has 0 heterocycles. The molecule has 1 saturated carbocycles. The largest absolute Gasteiger partial charge is 0.314 e. The van der Waals surface area contributed by atoms with Crippen molar-refractivity contribution in [3.63, 3.8) is 0 Å². The molecule has 0 saturated heterocycles. The first kappa shape index (κ1) is 14.4. The molecule has 1 aromatic rings. The minimum Gasteiger partial charge on any atom is -0.314 e. The molecule has 1 aliphatic carbocycles. The smallest absolute Gasteiger partial charge is 0.159 e. The number of hydrogen-bond donors (Lipinski definition) is 1. The first-order valence-electron chi connectivity index (χ1n) is 7.27. The first-order chi connectivity index (χ1) is 9.10. The molecule has 0 spiro atoms. The molecule has 1 aliphatic rings. The van der Waals surface area contributed by atoms with Crippen LogP contribution in [0.15, 0.2) is 18.2 Å². The third-order valence-corrected chi connectivity index (χ3v) is 4.19. The number of hydrogen-bond acceptors (Lipinski definition) is 1. The second kappa shape index (κ2) is 6.47. The van der Waals surface area contributed by atoms with Gasteiger partial charge in [0, 0.05) is 6.04 Å². The lowest BCUT2D eigenvalue weighted by Gasteiger charge is -2.35. The Morgan fingerprint density at radius 1 is 1.21 bits per heavy atom. The van der Waals surface area contributed by atoms with E-state index >= 15 is 0 Å². The van der Waals surface area contributed by atoms with E-state index in [0.717, 1.165) is 30.9 Å². The predicted octanol–water partition coefficient (Wildman–Crippen LogP) is 3.92. The van der Waals surface area contributed by atoms with Crippen molar-refractivity contribution in [3.8, 4) is 0 Å². The second-order valence-corrected chi connectivity index (χ2v) is 5.80. The summed E-state index contributed by atoms with van der Waals surface area (Å²) in [6.45, 7) is 5.36. The maximum Gasteiger partial charge on any atom is 0.159 e. The van der Waals surface area contributed by atoms with Gasteiger partial charge >= 0.3 is 0 Å². The van der Waals surface area contributed by atoms with E-state index in [1.807, 2.05) is 0 Å². The van der Waals surface area contributed by atoms with Gasteiger partial charge in [-0.15, -0.1) is 0 Å². The lowest BCUT2D eigenvalue weighted by Crippen LogP contribution is -2.41. The summed E-state index contributed by atoms with van der Waals surface area (Å²) >= 11 is 0. The zero-order valence-electron chi connectivity index (χ0n) is 11.8. The average molecular weight is 267 g/mol. The molecule has 0 amide bonds. The maximum atomic E-state index is 13.3. The lowest BCUT2D eigenvalue weighted by molar-refractivity contribution is 0.214. The summed E-state index contributed by atoms with van der Waals surface area (Å²) in [6.07, 6.45) is 4.44. The molecular formula is C16H23F2N. The van der Waals surface area contributed by atoms with Crippen molar-refractivity contribution >= 4 is 0 Å². The molecule has 106 valence electrons. The molecule has 1 N–H and O–H groups in total. The van der Waals surface area contributed by atoms with Crippen molar-refractivity contribution in [2.45, 2.75) is 45.6 Å². The van der Waals surface area contributed by atoms with E-state index < -0.39 is 11.6 Å². The summed E-state index contributed by atoms with van der Waals surface area (Å²) in [5.41, 5.74) is 0.904. The normalized spacial score (nSPS) is 27.5. The second-order valence-electron chi connectivity index (χ2n) is 5.80. The highest BCUT2D eigenvalue weighted by Crippen LogP contribution is 2.31. The minimum atomic E-state index is -0.760. The van der Waals surface area contributed by atoms with Crippen LogP contribution in [-0.2, 0) is 6.42 Å². The van der Waals surface area contributed by atoms with Crippen LogP contribution in [0, 0.1) is 23.5 Å². The monoisotopic (exact) mass is 267 g/mol. The van der Waals surface area contributed by atoms with Crippen molar-refractivity contribution in [3.05, 3.63) is 35.4 Å². The van der Waals surface area contributed by atoms with E-state index in [2.05, 4.69) is 19.2 Å². The van der Waals surface area contributed by atoms with Crippen LogP contribution in [0.2, 0.25) is 0 Å². The number of benzene rings is 1. The molecule has 3 unspecified atom stereocenters. The summed E-state index contributed by atoms with van der Waals surface area (Å²) in [6, 6.07) is 4.80. The van der Waals surface area contributed by atoms with Crippen molar-refractivity contribution < 1.29 is 8.78 Å². The zero-order valence-corrected chi connectivity index (χ0v) is 11.8. The molecule has 0 radical (unpaired) electrons. The van der Waals surface area contributed by atoms with Crippen LogP contribution in [0.5, 0.6) is 0 Å². The fourth-order valence-corrected chi connectivity index (χ4v) is 3.22. The molecular weight excluding hydrogens is 244 g/mol. The lowest BCUT2D eigenvalue weighted by atomic mass is 9.76. The Hall–Kier alpha value is -0.960. The molecule has 19 heavy (non-hydrogen) atoms. The van der Waals surface area contributed by atoms with Crippen LogP contribution in [0.1, 0.15) is 38.7 Å². The van der Waals surface area contributed by atoms with Gasteiger partial charge in [-0.3, -0.25) is 0 Å². The van der Waals surface area contributed by atoms with Crippen molar-refractivity contribution in [1.82, 2.24) is 5.32 Å². The van der Waals surface area contributed by atoms with Crippen LogP contribution >= 0.6 is 0 Å². The number of rotatable bonds is 4. The van der Waals surface area contributed by atoms with Gasteiger partial charge in [0.2, 0.25) is 0 Å². The molecule has 3 atom stereocenters. The molecule has 0 aliphatic heterocycles. The highest BCUT2D eigenvalue weighted by molar-refractivity contribution is 5.18. The Morgan fingerprint density at radius 2 is 2.00 bits per heavy atom. The van der Waals surface area contributed by atoms with Gasteiger partial charge in [-0.25, -0.2) is 8.78 Å². The highest BCUT2D eigenvalue weighted by atomic mass is 19.2. The average Bonchev–Trinajstić information content (AvgIpc) is 2.37. The van der Waals surface area contributed by atoms with Gasteiger partial charge < -0.3 is 5.32 Å². The van der Waals surface area contributed by atoms with Gasteiger partial charge in [0.15, 0.2) is 11.6 Å². The molecule has 1 aromatic carbocycles. The van der Waals surface area contributed by atoms with E-state index in [1.54, 1.807) is 6.07 Å². The Kier molecular flexibility index (Phi) is 4.92. The SMILES string of the molecule is CCNC1CCC(C)CC1Cc1ccc(F)c(F)c1. The van der Waals surface area contributed by atoms with E-state index in [1.165, 1.54) is 25.0 Å². The minimum absolute atomic E-state index is 0.509. The molecule has 0 bridgehead atoms. The Labute approximate surface area is 114 Å². The van der Waals surface area contributed by atoms with Crippen LogP contribution in [0.3, 0.4) is 0 Å². The van der Waals surface area contributed by atoms with Gasteiger partial charge in [-0.1, -0.05) is 19.9 Å². The van der Waals surface area contributed by atoms with E-state index in [9.17, 15) is 8.78 Å². The predicted molar refractivity (Wildman–Crippen MR) is 74.0 cm³/mol. The third-order valence-electron chi connectivity index (χ3n) is 4.19. The summed E-state index contributed by atoms with van der Waals surface area (Å²) in [4.78, 5) is 0. The summed E-state index contributed by atoms with van der Waals surface area (Å²) in [5.74, 6) is -0.246. The van der Waals surface area contributed by atoms with Gasteiger partial charge in [-0.2, -0.15) is 0 Å². The van der Waals surface area contributed by atoms with Crippen LogP contribution in [-0.4, -0.2) is 12.6 Å². The van der Waals surface area contributed by atoms with Gasteiger partial charge in [-0.05, 0) is 61.8 Å². The zero-order chi connectivity index (χ0) is 13.8. The fraction of sp³-hybridized carbons (Fsp3) is 0.625. The Bertz CT molecular complexity index is 419. The molecule has 0 aromatic heterocycles. The van der Waals surface area contributed by atoms with E-state index in [4.69, 9.17) is 0 Å². The third kappa shape index (κ3) is 3.75. The topological polar surface area (TPSA) is 12.0 Å². The van der Waals surface area contributed by atoms with Crippen molar-refractivity contribution in [2.75, 3.05) is 6.54 Å². The standard InChI is InChI=1S/C16H23F2N/c1-3-19-16-7-4-11(2)8-13(16)9-12-5-6-14(17)15(18)10-12/h5-6,10-11,13,16,19H,3-4,7-9H2,1-2H3.